The summed E-state index contributed by atoms with van der Waals surface area (Å²) >= 11 is 0. The van der Waals surface area contributed by atoms with Crippen LogP contribution in [-0.4, -0.2) is 18.3 Å². The SMILES string of the molecule is F[C](F)CC(F)(F)C(F)C(F)(F)F. The molecule has 0 aliphatic heterocycles. The van der Waals surface area contributed by atoms with Gasteiger partial charge in [-0.2, -0.15) is 22.0 Å². The third-order valence-corrected chi connectivity index (χ3v) is 1.03. The van der Waals surface area contributed by atoms with Crippen molar-refractivity contribution >= 4 is 0 Å². The van der Waals surface area contributed by atoms with Crippen LogP contribution < -0.4 is 0 Å². The maximum atomic E-state index is 12.0. The molecule has 0 heterocycles. The van der Waals surface area contributed by atoms with Gasteiger partial charge in [0.1, 0.15) is 0 Å². The minimum absolute atomic E-state index is 2.52. The highest BCUT2D eigenvalue weighted by Gasteiger charge is 2.57. The second-order valence-corrected chi connectivity index (χ2v) is 2.18. The Morgan fingerprint density at radius 1 is 1.00 bits per heavy atom. The molecule has 0 fully saturated rings. The van der Waals surface area contributed by atoms with Crippen molar-refractivity contribution in [3.63, 3.8) is 0 Å². The van der Waals surface area contributed by atoms with Crippen molar-refractivity contribution < 1.29 is 35.1 Å². The minimum Gasteiger partial charge on any atom is -0.231 e. The van der Waals surface area contributed by atoms with Crippen molar-refractivity contribution in [1.29, 1.82) is 0 Å². The average Bonchev–Trinajstić information content (AvgIpc) is 1.80. The molecule has 0 saturated heterocycles. The van der Waals surface area contributed by atoms with Gasteiger partial charge in [0.15, 0.2) is 0 Å². The molecule has 8 heteroatoms. The Morgan fingerprint density at radius 3 is 1.62 bits per heavy atom. The van der Waals surface area contributed by atoms with E-state index in [2.05, 4.69) is 0 Å². The Hall–Kier alpha value is -0.560. The van der Waals surface area contributed by atoms with Crippen LogP contribution in [0.5, 0.6) is 0 Å². The summed E-state index contributed by atoms with van der Waals surface area (Å²) in [6.45, 7) is 0. The van der Waals surface area contributed by atoms with Crippen LogP contribution in [-0.2, 0) is 0 Å². The summed E-state index contributed by atoms with van der Waals surface area (Å²) in [4.78, 5) is 0. The maximum Gasteiger partial charge on any atom is 0.425 e. The normalized spacial score (nSPS) is 16.4. The highest BCUT2D eigenvalue weighted by molar-refractivity contribution is 4.87. The summed E-state index contributed by atoms with van der Waals surface area (Å²) in [6, 6.07) is 0. The van der Waals surface area contributed by atoms with Crippen molar-refractivity contribution in [3.8, 4) is 0 Å². The lowest BCUT2D eigenvalue weighted by Crippen LogP contribution is -2.42. The molecule has 1 unspecified atom stereocenters. The second-order valence-electron chi connectivity index (χ2n) is 2.18. The lowest BCUT2D eigenvalue weighted by atomic mass is 10.1. The lowest BCUT2D eigenvalue weighted by molar-refractivity contribution is -0.247. The van der Waals surface area contributed by atoms with Gasteiger partial charge >= 0.3 is 12.6 Å². The third-order valence-electron chi connectivity index (χ3n) is 1.03. The fraction of sp³-hybridized carbons (Fsp3) is 0.800. The zero-order valence-electron chi connectivity index (χ0n) is 5.81. The number of alkyl halides is 6. The van der Waals surface area contributed by atoms with E-state index >= 15 is 0 Å². The van der Waals surface area contributed by atoms with Crippen LogP contribution in [0.25, 0.3) is 0 Å². The van der Waals surface area contributed by atoms with E-state index in [1.54, 1.807) is 0 Å². The maximum absolute atomic E-state index is 12.0. The monoisotopic (exact) mass is 215 g/mol. The molecule has 0 aromatic rings. The molecule has 1 atom stereocenters. The van der Waals surface area contributed by atoms with Gasteiger partial charge in [-0.25, -0.2) is 13.2 Å². The van der Waals surface area contributed by atoms with Crippen molar-refractivity contribution in [2.45, 2.75) is 24.7 Å². The first-order chi connectivity index (χ1) is 5.57. The molecule has 0 spiro atoms. The van der Waals surface area contributed by atoms with E-state index in [1.165, 1.54) is 0 Å². The van der Waals surface area contributed by atoms with E-state index in [0.29, 0.717) is 0 Å². The molecule has 0 amide bonds. The van der Waals surface area contributed by atoms with Gasteiger partial charge in [-0.1, -0.05) is 0 Å². The molecular formula is C5H3F8. The summed E-state index contributed by atoms with van der Waals surface area (Å²) in [6.07, 6.45) is -15.9. The molecule has 0 saturated carbocycles. The smallest absolute Gasteiger partial charge is 0.231 e. The fourth-order valence-electron chi connectivity index (χ4n) is 0.507. The first-order valence-corrected chi connectivity index (χ1v) is 2.83. The van der Waals surface area contributed by atoms with Crippen LogP contribution >= 0.6 is 0 Å². The molecule has 0 aliphatic carbocycles. The first kappa shape index (κ1) is 12.4. The Morgan fingerprint density at radius 2 is 1.38 bits per heavy atom. The molecule has 0 rings (SSSR count). The topological polar surface area (TPSA) is 0 Å². The first-order valence-electron chi connectivity index (χ1n) is 2.83. The van der Waals surface area contributed by atoms with Gasteiger partial charge in [0.25, 0.3) is 12.1 Å². The fourth-order valence-corrected chi connectivity index (χ4v) is 0.507. The zero-order chi connectivity index (χ0) is 10.9. The van der Waals surface area contributed by atoms with Crippen LogP contribution in [0.4, 0.5) is 35.1 Å². The number of rotatable bonds is 3. The lowest BCUT2D eigenvalue weighted by Gasteiger charge is -2.21. The summed E-state index contributed by atoms with van der Waals surface area (Å²) in [7, 11) is 0. The summed E-state index contributed by atoms with van der Waals surface area (Å²) in [5, 5.41) is 0. The molecule has 1 radical (unpaired) electrons. The second kappa shape index (κ2) is 3.67. The minimum atomic E-state index is -5.83. The van der Waals surface area contributed by atoms with Crippen LogP contribution in [0, 0.1) is 6.43 Å². The van der Waals surface area contributed by atoms with Crippen molar-refractivity contribution in [3.05, 3.63) is 6.43 Å². The molecule has 0 bridgehead atoms. The predicted octanol–water partition coefficient (Wildman–Crippen LogP) is 3.34. The number of halogens is 8. The average molecular weight is 215 g/mol. The van der Waals surface area contributed by atoms with E-state index in [1.807, 2.05) is 0 Å². The van der Waals surface area contributed by atoms with Crippen LogP contribution in [0.2, 0.25) is 0 Å². The summed E-state index contributed by atoms with van der Waals surface area (Å²) in [5.74, 6) is -5.11. The highest BCUT2D eigenvalue weighted by atomic mass is 19.4. The Kier molecular flexibility index (Phi) is 3.51. The molecule has 13 heavy (non-hydrogen) atoms. The summed E-state index contributed by atoms with van der Waals surface area (Å²) < 4.78 is 92.0. The standard InChI is InChI=1S/C5H3F8/c6-2(7)1-4(9,10)3(8)5(11,12)13/h3H,1H2. The molecule has 0 aliphatic rings. The zero-order valence-corrected chi connectivity index (χ0v) is 5.81. The van der Waals surface area contributed by atoms with E-state index < -0.39 is 31.1 Å². The van der Waals surface area contributed by atoms with Crippen molar-refractivity contribution in [2.75, 3.05) is 0 Å². The van der Waals surface area contributed by atoms with Gasteiger partial charge in [0.2, 0.25) is 0 Å². The highest BCUT2D eigenvalue weighted by Crippen LogP contribution is 2.39. The van der Waals surface area contributed by atoms with Crippen LogP contribution in [0.3, 0.4) is 0 Å². The Balaban J connectivity index is 4.45. The van der Waals surface area contributed by atoms with Gasteiger partial charge < -0.3 is 0 Å². The van der Waals surface area contributed by atoms with Crippen LogP contribution in [0.15, 0.2) is 0 Å². The quantitative estimate of drug-likeness (QED) is 0.633. The van der Waals surface area contributed by atoms with Crippen molar-refractivity contribution in [1.82, 2.24) is 0 Å². The molecule has 0 nitrogen and oxygen atoms in total. The molecule has 0 aromatic carbocycles. The van der Waals surface area contributed by atoms with Gasteiger partial charge in [-0.3, -0.25) is 0 Å². The third kappa shape index (κ3) is 3.77. The summed E-state index contributed by atoms with van der Waals surface area (Å²) in [5.41, 5.74) is 0. The molecule has 0 N–H and O–H groups in total. The van der Waals surface area contributed by atoms with Crippen LogP contribution in [0.1, 0.15) is 6.42 Å². The van der Waals surface area contributed by atoms with Gasteiger partial charge in [-0.15, -0.1) is 0 Å². The number of hydrogen-bond donors (Lipinski definition) is 0. The van der Waals surface area contributed by atoms with E-state index in [4.69, 9.17) is 0 Å². The number of hydrogen-bond acceptors (Lipinski definition) is 0. The largest absolute Gasteiger partial charge is 0.425 e. The van der Waals surface area contributed by atoms with E-state index in [9.17, 15) is 35.1 Å². The molecule has 79 valence electrons. The van der Waals surface area contributed by atoms with E-state index in [-0.39, 0.29) is 0 Å². The van der Waals surface area contributed by atoms with Gasteiger partial charge in [0.05, 0.1) is 6.42 Å². The predicted molar refractivity (Wildman–Crippen MR) is 26.0 cm³/mol. The Bertz CT molecular complexity index is 158. The van der Waals surface area contributed by atoms with Gasteiger partial charge in [-0.05, 0) is 0 Å². The van der Waals surface area contributed by atoms with Crippen molar-refractivity contribution in [2.24, 2.45) is 0 Å². The Labute approximate surface area is 67.5 Å². The molecular weight excluding hydrogens is 212 g/mol. The molecule has 0 aromatic heterocycles. The van der Waals surface area contributed by atoms with Gasteiger partial charge in [0, 0.05) is 0 Å². The van der Waals surface area contributed by atoms with E-state index in [0.717, 1.165) is 0 Å².